The topological polar surface area (TPSA) is 65.2 Å². The largest absolute Gasteiger partial charge is 0.348 e. The summed E-state index contributed by atoms with van der Waals surface area (Å²) in [5.41, 5.74) is 1.67. The summed E-state index contributed by atoms with van der Waals surface area (Å²) in [6.45, 7) is 7.10. The lowest BCUT2D eigenvalue weighted by molar-refractivity contribution is 0.0949. The predicted octanol–water partition coefficient (Wildman–Crippen LogP) is 2.21. The Morgan fingerprint density at radius 3 is 2.64 bits per heavy atom. The third-order valence-electron chi connectivity index (χ3n) is 3.54. The molecule has 0 aromatic carbocycles. The van der Waals surface area contributed by atoms with Crippen LogP contribution in [0.1, 0.15) is 35.5 Å². The van der Waals surface area contributed by atoms with Gasteiger partial charge in [-0.05, 0) is 47.6 Å². The number of pyridine rings is 1. The van der Waals surface area contributed by atoms with Crippen molar-refractivity contribution in [1.82, 2.24) is 15.2 Å². The number of rotatable bonds is 7. The quantitative estimate of drug-likeness (QED) is 0.822. The second-order valence-corrected chi connectivity index (χ2v) is 5.78. The van der Waals surface area contributed by atoms with Crippen LogP contribution in [0.5, 0.6) is 0 Å². The number of carbonyl (C=O) groups is 1. The highest BCUT2D eigenvalue weighted by Crippen LogP contribution is 2.06. The third kappa shape index (κ3) is 4.29. The lowest BCUT2D eigenvalue weighted by Crippen LogP contribution is -2.30. The van der Waals surface area contributed by atoms with Gasteiger partial charge in [0.15, 0.2) is 0 Å². The first-order valence-corrected chi connectivity index (χ1v) is 8.32. The van der Waals surface area contributed by atoms with Crippen LogP contribution in [0.3, 0.4) is 0 Å². The number of thiophene rings is 1. The Morgan fingerprint density at radius 1 is 1.27 bits per heavy atom. The maximum absolute atomic E-state index is 12.1. The summed E-state index contributed by atoms with van der Waals surface area (Å²) < 4.78 is 0. The summed E-state index contributed by atoms with van der Waals surface area (Å²) in [6, 6.07) is 5.35. The van der Waals surface area contributed by atoms with Crippen molar-refractivity contribution in [2.45, 2.75) is 26.9 Å². The smallest absolute Gasteiger partial charge is 0.261 e. The van der Waals surface area contributed by atoms with E-state index < -0.39 is 0 Å². The molecule has 0 spiro atoms. The zero-order chi connectivity index (χ0) is 15.9. The number of nitrogens with one attached hydrogen (secondary N) is 2. The first kappa shape index (κ1) is 16.5. The maximum atomic E-state index is 12.1. The molecule has 0 saturated carbocycles. The third-order valence-corrected chi connectivity index (χ3v) is 4.27. The van der Waals surface area contributed by atoms with Crippen LogP contribution in [0.15, 0.2) is 33.8 Å². The maximum Gasteiger partial charge on any atom is 0.261 e. The molecule has 0 aliphatic heterocycles. The van der Waals surface area contributed by atoms with Crippen LogP contribution < -0.4 is 10.9 Å². The molecule has 2 rings (SSSR count). The molecule has 22 heavy (non-hydrogen) atoms. The number of hydrogen-bond donors (Lipinski definition) is 2. The fourth-order valence-corrected chi connectivity index (χ4v) is 2.81. The molecule has 0 bridgehead atoms. The minimum absolute atomic E-state index is 0.151. The van der Waals surface area contributed by atoms with Crippen LogP contribution in [0.25, 0.3) is 0 Å². The highest BCUT2D eigenvalue weighted by Gasteiger charge is 2.11. The molecule has 6 heteroatoms. The Morgan fingerprint density at radius 2 is 2.05 bits per heavy atom. The SMILES string of the molecule is CCN(CC)Cc1ccc(C(=O)NCc2ccsc2)c(=O)[nH]1. The number of carbonyl (C=O) groups excluding carboxylic acids is 1. The molecule has 2 aromatic rings. The van der Waals surface area contributed by atoms with Gasteiger partial charge in [0, 0.05) is 18.8 Å². The first-order valence-electron chi connectivity index (χ1n) is 7.37. The van der Waals surface area contributed by atoms with Crippen LogP contribution in [-0.2, 0) is 13.1 Å². The summed E-state index contributed by atoms with van der Waals surface area (Å²) in [5, 5.41) is 6.69. The molecule has 2 heterocycles. The van der Waals surface area contributed by atoms with Gasteiger partial charge in [-0.3, -0.25) is 14.5 Å². The van der Waals surface area contributed by atoms with E-state index in [1.165, 1.54) is 0 Å². The van der Waals surface area contributed by atoms with Crippen molar-refractivity contribution in [3.05, 3.63) is 56.1 Å². The number of nitrogens with zero attached hydrogens (tertiary/aromatic N) is 1. The molecule has 0 saturated heterocycles. The van der Waals surface area contributed by atoms with Crippen LogP contribution in [0, 0.1) is 0 Å². The number of hydrogen-bond acceptors (Lipinski definition) is 4. The van der Waals surface area contributed by atoms with Crippen molar-refractivity contribution in [3.63, 3.8) is 0 Å². The number of H-pyrrole nitrogens is 1. The van der Waals surface area contributed by atoms with E-state index in [9.17, 15) is 9.59 Å². The van der Waals surface area contributed by atoms with E-state index in [0.717, 1.165) is 24.3 Å². The lowest BCUT2D eigenvalue weighted by Gasteiger charge is -2.17. The molecule has 2 N–H and O–H groups in total. The van der Waals surface area contributed by atoms with Crippen LogP contribution in [0.4, 0.5) is 0 Å². The van der Waals surface area contributed by atoms with Gasteiger partial charge in [0.2, 0.25) is 0 Å². The van der Waals surface area contributed by atoms with Gasteiger partial charge in [-0.15, -0.1) is 0 Å². The van der Waals surface area contributed by atoms with Crippen molar-refractivity contribution in [2.75, 3.05) is 13.1 Å². The standard InChI is InChI=1S/C16H21N3O2S/c1-3-19(4-2)10-13-5-6-14(16(21)18-13)15(20)17-9-12-7-8-22-11-12/h5-8,11H,3-4,9-10H2,1-2H3,(H,17,20)(H,18,21). The molecule has 1 amide bonds. The first-order chi connectivity index (χ1) is 10.6. The fraction of sp³-hybridized carbons (Fsp3) is 0.375. The molecule has 2 aromatic heterocycles. The van der Waals surface area contributed by atoms with Crippen molar-refractivity contribution in [2.24, 2.45) is 0 Å². The van der Waals surface area contributed by atoms with Gasteiger partial charge < -0.3 is 10.3 Å². The predicted molar refractivity (Wildman–Crippen MR) is 89.2 cm³/mol. The Bertz CT molecular complexity index is 660. The van der Waals surface area contributed by atoms with Gasteiger partial charge >= 0.3 is 0 Å². The van der Waals surface area contributed by atoms with Crippen molar-refractivity contribution < 1.29 is 4.79 Å². The summed E-state index contributed by atoms with van der Waals surface area (Å²) in [7, 11) is 0. The fourth-order valence-electron chi connectivity index (χ4n) is 2.14. The van der Waals surface area contributed by atoms with E-state index in [0.29, 0.717) is 13.1 Å². The molecular weight excluding hydrogens is 298 g/mol. The van der Waals surface area contributed by atoms with Gasteiger partial charge in [-0.2, -0.15) is 11.3 Å². The molecule has 0 aliphatic rings. The molecule has 0 atom stereocenters. The van der Waals surface area contributed by atoms with Gasteiger partial charge in [0.25, 0.3) is 11.5 Å². The van der Waals surface area contributed by atoms with E-state index >= 15 is 0 Å². The van der Waals surface area contributed by atoms with Crippen molar-refractivity contribution in [3.8, 4) is 0 Å². The summed E-state index contributed by atoms with van der Waals surface area (Å²) in [4.78, 5) is 29.1. The molecular formula is C16H21N3O2S. The summed E-state index contributed by atoms with van der Waals surface area (Å²) >= 11 is 1.58. The Kier molecular flexibility index (Phi) is 5.91. The molecule has 0 unspecified atom stereocenters. The normalized spacial score (nSPS) is 10.9. The average molecular weight is 319 g/mol. The Hall–Kier alpha value is -1.92. The highest BCUT2D eigenvalue weighted by atomic mass is 32.1. The molecule has 0 radical (unpaired) electrons. The van der Waals surface area contributed by atoms with E-state index in [-0.39, 0.29) is 17.0 Å². The number of amides is 1. The van der Waals surface area contributed by atoms with Crippen LogP contribution in [0.2, 0.25) is 0 Å². The monoisotopic (exact) mass is 319 g/mol. The molecule has 0 aliphatic carbocycles. The van der Waals surface area contributed by atoms with Gasteiger partial charge in [-0.25, -0.2) is 0 Å². The van der Waals surface area contributed by atoms with E-state index in [1.807, 2.05) is 16.8 Å². The summed E-state index contributed by atoms with van der Waals surface area (Å²) in [5.74, 6) is -0.346. The molecule has 0 fully saturated rings. The zero-order valence-electron chi connectivity index (χ0n) is 12.9. The minimum atomic E-state index is -0.346. The Labute approximate surface area is 134 Å². The number of aromatic amines is 1. The molecule has 118 valence electrons. The minimum Gasteiger partial charge on any atom is -0.348 e. The lowest BCUT2D eigenvalue weighted by atomic mass is 10.2. The summed E-state index contributed by atoms with van der Waals surface area (Å²) in [6.07, 6.45) is 0. The van der Waals surface area contributed by atoms with Crippen LogP contribution in [-0.4, -0.2) is 28.9 Å². The number of aromatic nitrogens is 1. The van der Waals surface area contributed by atoms with E-state index in [1.54, 1.807) is 23.5 Å². The second-order valence-electron chi connectivity index (χ2n) is 5.00. The van der Waals surface area contributed by atoms with Gasteiger partial charge in [0.1, 0.15) is 5.56 Å². The zero-order valence-corrected chi connectivity index (χ0v) is 13.7. The van der Waals surface area contributed by atoms with Crippen molar-refractivity contribution in [1.29, 1.82) is 0 Å². The van der Waals surface area contributed by atoms with Gasteiger partial charge in [-0.1, -0.05) is 13.8 Å². The Balaban J connectivity index is 2.02. The second kappa shape index (κ2) is 7.91. The van der Waals surface area contributed by atoms with Gasteiger partial charge in [0.05, 0.1) is 0 Å². The van der Waals surface area contributed by atoms with Crippen molar-refractivity contribution >= 4 is 17.2 Å². The average Bonchev–Trinajstić information content (AvgIpc) is 3.03. The molecule has 5 nitrogen and oxygen atoms in total. The van der Waals surface area contributed by atoms with Crippen LogP contribution >= 0.6 is 11.3 Å². The highest BCUT2D eigenvalue weighted by molar-refractivity contribution is 7.07. The van der Waals surface area contributed by atoms with E-state index in [4.69, 9.17) is 0 Å². The van der Waals surface area contributed by atoms with E-state index in [2.05, 4.69) is 29.0 Å².